The van der Waals surface area contributed by atoms with Crippen molar-refractivity contribution in [2.45, 2.75) is 18.9 Å². The van der Waals surface area contributed by atoms with E-state index in [1.807, 2.05) is 18.2 Å². The number of nitrogens with one attached hydrogen (secondary N) is 2. The van der Waals surface area contributed by atoms with Gasteiger partial charge in [0.1, 0.15) is 11.9 Å². The quantitative estimate of drug-likeness (QED) is 0.779. The van der Waals surface area contributed by atoms with Gasteiger partial charge in [-0.3, -0.25) is 9.78 Å². The van der Waals surface area contributed by atoms with Crippen molar-refractivity contribution in [3.05, 3.63) is 54.1 Å². The maximum atomic E-state index is 12.2. The van der Waals surface area contributed by atoms with Crippen molar-refractivity contribution in [2.75, 3.05) is 11.9 Å². The van der Waals surface area contributed by atoms with E-state index in [-0.39, 0.29) is 12.0 Å². The molecule has 3 heterocycles. The zero-order valence-electron chi connectivity index (χ0n) is 12.5. The summed E-state index contributed by atoms with van der Waals surface area (Å²) in [6.45, 7) is 0.786. The Bertz CT molecular complexity index is 838. The second-order valence-corrected chi connectivity index (χ2v) is 5.55. The van der Waals surface area contributed by atoms with Gasteiger partial charge in [-0.2, -0.15) is 0 Å². The molecule has 0 saturated carbocycles. The van der Waals surface area contributed by atoms with Gasteiger partial charge in [0, 0.05) is 24.7 Å². The first kappa shape index (κ1) is 13.9. The number of benzene rings is 1. The molecular weight excluding hydrogens is 292 g/mol. The number of aromatic nitrogens is 3. The smallest absolute Gasteiger partial charge is 0.257 e. The molecule has 0 radical (unpaired) electrons. The fourth-order valence-electron chi connectivity index (χ4n) is 2.75. The average molecular weight is 308 g/mol. The largest absolute Gasteiger partial charge is 0.370 e. The number of ether oxygens (including phenoxy) is 1. The summed E-state index contributed by atoms with van der Waals surface area (Å²) in [4.78, 5) is 24.0. The topological polar surface area (TPSA) is 79.9 Å². The van der Waals surface area contributed by atoms with Gasteiger partial charge in [0.25, 0.3) is 5.91 Å². The van der Waals surface area contributed by atoms with Gasteiger partial charge in [0.15, 0.2) is 0 Å². The van der Waals surface area contributed by atoms with E-state index in [2.05, 4.69) is 20.3 Å². The minimum atomic E-state index is -0.184. The van der Waals surface area contributed by atoms with Crippen LogP contribution in [-0.4, -0.2) is 27.5 Å². The van der Waals surface area contributed by atoms with Crippen molar-refractivity contribution in [1.82, 2.24) is 15.0 Å². The molecule has 2 aromatic heterocycles. The molecule has 1 aliphatic heterocycles. The molecule has 23 heavy (non-hydrogen) atoms. The first-order valence-corrected chi connectivity index (χ1v) is 7.62. The number of amides is 1. The zero-order valence-corrected chi connectivity index (χ0v) is 12.5. The van der Waals surface area contributed by atoms with Crippen LogP contribution in [0.1, 0.15) is 35.1 Å². The van der Waals surface area contributed by atoms with E-state index < -0.39 is 0 Å². The van der Waals surface area contributed by atoms with E-state index in [0.717, 1.165) is 36.3 Å². The Morgan fingerprint density at radius 1 is 1.35 bits per heavy atom. The van der Waals surface area contributed by atoms with Gasteiger partial charge in [-0.25, -0.2) is 4.98 Å². The highest BCUT2D eigenvalue weighted by Gasteiger charge is 2.21. The van der Waals surface area contributed by atoms with Crippen LogP contribution in [0.5, 0.6) is 0 Å². The van der Waals surface area contributed by atoms with Crippen LogP contribution in [0.2, 0.25) is 0 Å². The third-order valence-electron chi connectivity index (χ3n) is 3.92. The van der Waals surface area contributed by atoms with Gasteiger partial charge < -0.3 is 15.0 Å². The molecule has 1 fully saturated rings. The van der Waals surface area contributed by atoms with E-state index in [1.54, 1.807) is 24.5 Å². The summed E-state index contributed by atoms with van der Waals surface area (Å²) in [5.74, 6) is 0.671. The average Bonchev–Trinajstić information content (AvgIpc) is 3.24. The van der Waals surface area contributed by atoms with Crippen LogP contribution in [-0.2, 0) is 4.74 Å². The first-order valence-electron chi connectivity index (χ1n) is 7.62. The van der Waals surface area contributed by atoms with Gasteiger partial charge in [0.05, 0.1) is 16.6 Å². The summed E-state index contributed by atoms with van der Waals surface area (Å²) < 4.78 is 5.65. The third kappa shape index (κ3) is 2.80. The first-order chi connectivity index (χ1) is 11.3. The minimum Gasteiger partial charge on any atom is -0.370 e. The molecule has 1 aromatic carbocycles. The predicted molar refractivity (Wildman–Crippen MR) is 86.2 cm³/mol. The third-order valence-corrected chi connectivity index (χ3v) is 3.92. The van der Waals surface area contributed by atoms with Crippen LogP contribution in [0.4, 0.5) is 5.69 Å². The lowest BCUT2D eigenvalue weighted by Gasteiger charge is -2.04. The van der Waals surface area contributed by atoms with Crippen LogP contribution in [0.3, 0.4) is 0 Å². The van der Waals surface area contributed by atoms with Gasteiger partial charge >= 0.3 is 0 Å². The summed E-state index contributed by atoms with van der Waals surface area (Å²) in [5, 5.41) is 2.87. The summed E-state index contributed by atoms with van der Waals surface area (Å²) in [5.41, 5.74) is 3.00. The van der Waals surface area contributed by atoms with Crippen LogP contribution >= 0.6 is 0 Å². The number of hydrogen-bond donors (Lipinski definition) is 2. The minimum absolute atomic E-state index is 0.0517. The van der Waals surface area contributed by atoms with Gasteiger partial charge in [0.2, 0.25) is 0 Å². The van der Waals surface area contributed by atoms with E-state index >= 15 is 0 Å². The second-order valence-electron chi connectivity index (χ2n) is 5.55. The Morgan fingerprint density at radius 2 is 2.30 bits per heavy atom. The van der Waals surface area contributed by atoms with Crippen molar-refractivity contribution >= 4 is 22.6 Å². The van der Waals surface area contributed by atoms with Gasteiger partial charge in [-0.05, 0) is 43.2 Å². The van der Waals surface area contributed by atoms with Crippen molar-refractivity contribution in [2.24, 2.45) is 0 Å². The van der Waals surface area contributed by atoms with Gasteiger partial charge in [-0.15, -0.1) is 0 Å². The lowest BCUT2D eigenvalue weighted by atomic mass is 10.2. The second kappa shape index (κ2) is 5.81. The number of carbonyl (C=O) groups excluding carboxylic acids is 1. The predicted octanol–water partition coefficient (Wildman–Crippen LogP) is 3.06. The summed E-state index contributed by atoms with van der Waals surface area (Å²) in [6.07, 6.45) is 5.29. The maximum Gasteiger partial charge on any atom is 0.257 e. The molecule has 3 aromatic rings. The van der Waals surface area contributed by atoms with Crippen molar-refractivity contribution in [3.63, 3.8) is 0 Å². The Labute approximate surface area is 132 Å². The Kier molecular flexibility index (Phi) is 3.51. The molecule has 4 rings (SSSR count). The number of hydrogen-bond acceptors (Lipinski definition) is 4. The molecule has 116 valence electrons. The number of anilines is 1. The number of aromatic amines is 1. The lowest BCUT2D eigenvalue weighted by molar-refractivity contribution is 0.102. The van der Waals surface area contributed by atoms with Crippen molar-refractivity contribution in [3.8, 4) is 0 Å². The molecule has 6 nitrogen and oxygen atoms in total. The van der Waals surface area contributed by atoms with Crippen LogP contribution < -0.4 is 5.32 Å². The standard InChI is InChI=1S/C17H16N4O2/c22-17(11-3-1-7-18-10-11)19-12-5-6-13-14(9-12)21-16(20-13)15-4-2-8-23-15/h1,3,5-7,9-10,15H,2,4,8H2,(H,19,22)(H,20,21)/t15-/m0/s1. The molecule has 1 amide bonds. The number of fused-ring (bicyclic) bond motifs is 1. The number of pyridine rings is 1. The SMILES string of the molecule is O=C(Nc1ccc2nc([C@@H]3CCCO3)[nH]c2c1)c1cccnc1. The number of imidazole rings is 1. The Morgan fingerprint density at radius 3 is 3.09 bits per heavy atom. The molecule has 0 unspecified atom stereocenters. The lowest BCUT2D eigenvalue weighted by Crippen LogP contribution is -2.11. The number of H-pyrrole nitrogens is 1. The highest BCUT2D eigenvalue weighted by Crippen LogP contribution is 2.28. The molecule has 0 spiro atoms. The molecule has 1 aliphatic rings. The fourth-order valence-corrected chi connectivity index (χ4v) is 2.75. The summed E-state index contributed by atoms with van der Waals surface area (Å²) in [7, 11) is 0. The highest BCUT2D eigenvalue weighted by atomic mass is 16.5. The Balaban J connectivity index is 1.57. The zero-order chi connectivity index (χ0) is 15.6. The molecule has 1 atom stereocenters. The molecule has 0 bridgehead atoms. The van der Waals surface area contributed by atoms with E-state index in [9.17, 15) is 4.79 Å². The van der Waals surface area contributed by atoms with Crippen molar-refractivity contribution < 1.29 is 9.53 Å². The van der Waals surface area contributed by atoms with Gasteiger partial charge in [-0.1, -0.05) is 0 Å². The number of rotatable bonds is 3. The van der Waals surface area contributed by atoms with Crippen molar-refractivity contribution in [1.29, 1.82) is 0 Å². The molecule has 1 saturated heterocycles. The fraction of sp³-hybridized carbons (Fsp3) is 0.235. The summed E-state index contributed by atoms with van der Waals surface area (Å²) >= 11 is 0. The van der Waals surface area contributed by atoms with Crippen LogP contribution in [0.15, 0.2) is 42.7 Å². The Hall–Kier alpha value is -2.73. The summed E-state index contributed by atoms with van der Waals surface area (Å²) in [6, 6.07) is 9.09. The van der Waals surface area contributed by atoms with Crippen LogP contribution in [0.25, 0.3) is 11.0 Å². The molecule has 2 N–H and O–H groups in total. The highest BCUT2D eigenvalue weighted by molar-refractivity contribution is 6.04. The molecular formula is C17H16N4O2. The van der Waals surface area contributed by atoms with E-state index in [0.29, 0.717) is 11.3 Å². The van der Waals surface area contributed by atoms with E-state index in [4.69, 9.17) is 4.74 Å². The number of nitrogens with zero attached hydrogens (tertiary/aromatic N) is 2. The maximum absolute atomic E-state index is 12.2. The monoisotopic (exact) mass is 308 g/mol. The normalized spacial score (nSPS) is 17.5. The molecule has 0 aliphatic carbocycles. The number of carbonyl (C=O) groups is 1. The van der Waals surface area contributed by atoms with Crippen LogP contribution in [0, 0.1) is 0 Å². The van der Waals surface area contributed by atoms with E-state index in [1.165, 1.54) is 0 Å². The molecule has 6 heteroatoms.